The van der Waals surface area contributed by atoms with Crippen molar-refractivity contribution in [1.82, 2.24) is 15.1 Å². The number of likely N-dealkylation sites (N-methyl/N-ethyl adjacent to an activating group) is 1. The van der Waals surface area contributed by atoms with Crippen molar-refractivity contribution in [2.24, 2.45) is 11.8 Å². The van der Waals surface area contributed by atoms with Gasteiger partial charge < -0.3 is 19.3 Å². The maximum Gasteiger partial charge on any atom is 0.410 e. The lowest BCUT2D eigenvalue weighted by atomic mass is 9.77. The van der Waals surface area contributed by atoms with Crippen LogP contribution in [0.15, 0.2) is 30.3 Å². The second-order valence-electron chi connectivity index (χ2n) is 8.93. The van der Waals surface area contributed by atoms with Gasteiger partial charge in [0.05, 0.1) is 17.6 Å². The predicted molar refractivity (Wildman–Crippen MR) is 108 cm³/mol. The summed E-state index contributed by atoms with van der Waals surface area (Å²) >= 11 is 0. The highest BCUT2D eigenvalue weighted by Gasteiger charge is 2.65. The summed E-state index contributed by atoms with van der Waals surface area (Å²) in [4.78, 5) is 53.0. The zero-order valence-electron chi connectivity index (χ0n) is 17.9. The van der Waals surface area contributed by atoms with E-state index in [4.69, 9.17) is 9.47 Å². The Hall–Kier alpha value is -2.94. The number of nitrogens with zero attached hydrogens (tertiary/aromatic N) is 2. The van der Waals surface area contributed by atoms with Gasteiger partial charge in [-0.3, -0.25) is 19.7 Å². The molecule has 0 bridgehead atoms. The lowest BCUT2D eigenvalue weighted by Gasteiger charge is -2.47. The number of rotatable bonds is 4. The van der Waals surface area contributed by atoms with E-state index < -0.39 is 41.6 Å². The number of imide groups is 1. The molecule has 4 amide bonds. The molecule has 0 unspecified atom stereocenters. The molecule has 3 aliphatic heterocycles. The predicted octanol–water partition coefficient (Wildman–Crippen LogP) is 0.922. The first-order chi connectivity index (χ1) is 14.7. The van der Waals surface area contributed by atoms with E-state index in [1.54, 1.807) is 4.90 Å². The molecule has 31 heavy (non-hydrogen) atoms. The first-order valence-electron chi connectivity index (χ1n) is 10.4. The second kappa shape index (κ2) is 7.96. The Kier molecular flexibility index (Phi) is 5.47. The number of fused-ring (bicyclic) bond motifs is 3. The Balaban J connectivity index is 1.44. The molecule has 0 aliphatic carbocycles. The van der Waals surface area contributed by atoms with Gasteiger partial charge in [0, 0.05) is 13.6 Å². The number of hydrogen-bond acceptors (Lipinski definition) is 6. The molecule has 1 aromatic rings. The van der Waals surface area contributed by atoms with Crippen LogP contribution < -0.4 is 5.32 Å². The summed E-state index contributed by atoms with van der Waals surface area (Å²) in [5.41, 5.74) is 0.0601. The fourth-order valence-electron chi connectivity index (χ4n) is 5.09. The number of carbonyl (C=O) groups is 4. The van der Waals surface area contributed by atoms with Gasteiger partial charge in [0.1, 0.15) is 13.2 Å². The molecule has 3 fully saturated rings. The van der Waals surface area contributed by atoms with Gasteiger partial charge in [-0.2, -0.15) is 0 Å². The number of piperidine rings is 1. The summed E-state index contributed by atoms with van der Waals surface area (Å²) in [7, 11) is 1.50. The fourth-order valence-corrected chi connectivity index (χ4v) is 5.09. The zero-order chi connectivity index (χ0) is 22.3. The molecule has 0 radical (unpaired) electrons. The number of hydrogen-bond donors (Lipinski definition) is 1. The van der Waals surface area contributed by atoms with Crippen LogP contribution in [0.5, 0.6) is 0 Å². The molecule has 3 heterocycles. The molecular formula is C22H27N3O6. The van der Waals surface area contributed by atoms with Gasteiger partial charge in [0.2, 0.25) is 11.8 Å². The standard InChI is InChI=1S/C22H27N3O6/c1-13-9-22(2)18(16-17(31-22)20(28)23-19(16)27)25(10-13)15(26)11-24(3)21(29)30-12-14-7-5-4-6-8-14/h4-8,13,16-18H,9-12H2,1-3H3,(H,23,27,28)/t13-,16-,17-,18-,22-/m0/s1. The van der Waals surface area contributed by atoms with Gasteiger partial charge in [0.15, 0.2) is 6.10 Å². The Labute approximate surface area is 180 Å². The van der Waals surface area contributed by atoms with Crippen LogP contribution in [-0.4, -0.2) is 71.5 Å². The van der Waals surface area contributed by atoms with Crippen LogP contribution in [0.1, 0.15) is 25.8 Å². The molecule has 3 aliphatic rings. The molecule has 1 N–H and O–H groups in total. The maximum absolute atomic E-state index is 13.2. The molecule has 4 rings (SSSR count). The van der Waals surface area contributed by atoms with Crippen LogP contribution in [0.3, 0.4) is 0 Å². The van der Waals surface area contributed by atoms with Gasteiger partial charge in [0.25, 0.3) is 5.91 Å². The largest absolute Gasteiger partial charge is 0.445 e. The van der Waals surface area contributed by atoms with E-state index >= 15 is 0 Å². The summed E-state index contributed by atoms with van der Waals surface area (Å²) in [5, 5.41) is 2.31. The minimum Gasteiger partial charge on any atom is -0.445 e. The number of likely N-dealkylation sites (tertiary alicyclic amines) is 1. The summed E-state index contributed by atoms with van der Waals surface area (Å²) in [5.74, 6) is -1.78. The van der Waals surface area contributed by atoms with Crippen LogP contribution in [-0.2, 0) is 30.5 Å². The third kappa shape index (κ3) is 3.89. The maximum atomic E-state index is 13.2. The molecule has 0 spiro atoms. The fraction of sp³-hybridized carbons (Fsp3) is 0.545. The summed E-state index contributed by atoms with van der Waals surface area (Å²) < 4.78 is 11.3. The Morgan fingerprint density at radius 1 is 1.26 bits per heavy atom. The number of amides is 4. The number of nitrogens with one attached hydrogen (secondary N) is 1. The highest BCUT2D eigenvalue weighted by Crippen LogP contribution is 2.47. The second-order valence-corrected chi connectivity index (χ2v) is 8.93. The van der Waals surface area contributed by atoms with Crippen LogP contribution in [0, 0.1) is 11.8 Å². The van der Waals surface area contributed by atoms with E-state index in [1.165, 1.54) is 11.9 Å². The third-order valence-corrected chi connectivity index (χ3v) is 6.30. The molecular weight excluding hydrogens is 402 g/mol. The SMILES string of the molecule is C[C@@H]1CN(C(=O)CN(C)C(=O)OCc2ccccc2)[C@H]2[C@H]3C(=O)NC(=O)[C@H]3O[C@@]2(C)C1. The first-order valence-corrected chi connectivity index (χ1v) is 10.4. The van der Waals surface area contributed by atoms with E-state index in [1.807, 2.05) is 44.2 Å². The molecule has 0 saturated carbocycles. The van der Waals surface area contributed by atoms with Crippen molar-refractivity contribution in [3.05, 3.63) is 35.9 Å². The molecule has 0 aromatic heterocycles. The molecule has 1 aromatic carbocycles. The van der Waals surface area contributed by atoms with E-state index in [-0.39, 0.29) is 25.0 Å². The normalized spacial score (nSPS) is 31.6. The summed E-state index contributed by atoms with van der Waals surface area (Å²) in [6.45, 7) is 4.20. The van der Waals surface area contributed by atoms with Crippen molar-refractivity contribution in [1.29, 1.82) is 0 Å². The van der Waals surface area contributed by atoms with Gasteiger partial charge in [-0.15, -0.1) is 0 Å². The first kappa shape index (κ1) is 21.3. The smallest absolute Gasteiger partial charge is 0.410 e. The van der Waals surface area contributed by atoms with E-state index in [2.05, 4.69) is 5.32 Å². The van der Waals surface area contributed by atoms with Crippen LogP contribution >= 0.6 is 0 Å². The van der Waals surface area contributed by atoms with E-state index in [0.29, 0.717) is 13.0 Å². The van der Waals surface area contributed by atoms with Gasteiger partial charge in [-0.1, -0.05) is 37.3 Å². The van der Waals surface area contributed by atoms with E-state index in [0.717, 1.165) is 5.56 Å². The number of benzene rings is 1. The topological polar surface area (TPSA) is 105 Å². The highest BCUT2D eigenvalue weighted by atomic mass is 16.6. The summed E-state index contributed by atoms with van der Waals surface area (Å²) in [6.07, 6.45) is -0.847. The number of ether oxygens (including phenoxy) is 2. The average molecular weight is 429 g/mol. The van der Waals surface area contributed by atoms with Gasteiger partial charge in [-0.25, -0.2) is 4.79 Å². The third-order valence-electron chi connectivity index (χ3n) is 6.30. The lowest BCUT2D eigenvalue weighted by molar-refractivity contribution is -0.152. The molecule has 5 atom stereocenters. The Bertz CT molecular complexity index is 906. The minimum atomic E-state index is -0.878. The molecule has 9 heteroatoms. The van der Waals surface area contributed by atoms with Gasteiger partial charge in [-0.05, 0) is 24.8 Å². The Morgan fingerprint density at radius 2 is 1.97 bits per heavy atom. The van der Waals surface area contributed by atoms with Gasteiger partial charge >= 0.3 is 6.09 Å². The minimum absolute atomic E-state index is 0.111. The van der Waals surface area contributed by atoms with Crippen molar-refractivity contribution < 1.29 is 28.7 Å². The van der Waals surface area contributed by atoms with Crippen molar-refractivity contribution in [2.75, 3.05) is 20.1 Å². The van der Waals surface area contributed by atoms with Crippen molar-refractivity contribution in [3.63, 3.8) is 0 Å². The monoisotopic (exact) mass is 429 g/mol. The van der Waals surface area contributed by atoms with Crippen LogP contribution in [0.4, 0.5) is 4.79 Å². The highest BCUT2D eigenvalue weighted by molar-refractivity contribution is 6.07. The van der Waals surface area contributed by atoms with Crippen LogP contribution in [0.25, 0.3) is 0 Å². The zero-order valence-corrected chi connectivity index (χ0v) is 17.9. The lowest BCUT2D eigenvalue weighted by Crippen LogP contribution is -2.62. The molecule has 166 valence electrons. The quantitative estimate of drug-likeness (QED) is 0.714. The molecule has 3 saturated heterocycles. The number of carbonyl (C=O) groups excluding carboxylic acids is 4. The Morgan fingerprint density at radius 3 is 2.68 bits per heavy atom. The van der Waals surface area contributed by atoms with Crippen molar-refractivity contribution in [2.45, 2.75) is 44.6 Å². The summed E-state index contributed by atoms with van der Waals surface area (Å²) in [6, 6.07) is 8.72. The molecule has 9 nitrogen and oxygen atoms in total. The van der Waals surface area contributed by atoms with Crippen molar-refractivity contribution in [3.8, 4) is 0 Å². The average Bonchev–Trinajstić information content (AvgIpc) is 3.18. The van der Waals surface area contributed by atoms with Crippen molar-refractivity contribution >= 4 is 23.8 Å². The van der Waals surface area contributed by atoms with Crippen LogP contribution in [0.2, 0.25) is 0 Å². The van der Waals surface area contributed by atoms with E-state index in [9.17, 15) is 19.2 Å².